The fourth-order valence-electron chi connectivity index (χ4n) is 2.99. The molecule has 1 heterocycles. The molecule has 0 aliphatic carbocycles. The standard InChI is InChI=1S/C20H29N3O5/c1-5-27-20(26)23-11-7-9-16(12-23)19(25)22-21-18(24)15(4)28-17-10-6-8-13(2)14(17)3/h6,8,10,15-16H,5,7,9,11-12H2,1-4H3,(H,21,24)(H,22,25). The van der Waals surface area contributed by atoms with Gasteiger partial charge in [-0.1, -0.05) is 12.1 Å². The molecule has 1 aliphatic rings. The van der Waals surface area contributed by atoms with Crippen LogP contribution in [0.5, 0.6) is 5.75 Å². The number of hydrogen-bond donors (Lipinski definition) is 2. The van der Waals surface area contributed by atoms with Gasteiger partial charge in [0.2, 0.25) is 5.91 Å². The maximum absolute atomic E-state index is 12.4. The summed E-state index contributed by atoms with van der Waals surface area (Å²) in [6, 6.07) is 5.63. The smallest absolute Gasteiger partial charge is 0.409 e. The molecule has 0 bridgehead atoms. The molecule has 2 N–H and O–H groups in total. The third-order valence-corrected chi connectivity index (χ3v) is 4.85. The zero-order valence-corrected chi connectivity index (χ0v) is 16.9. The summed E-state index contributed by atoms with van der Waals surface area (Å²) in [5, 5.41) is 0. The van der Waals surface area contributed by atoms with Crippen LogP contribution in [0.25, 0.3) is 0 Å². The minimum atomic E-state index is -0.775. The van der Waals surface area contributed by atoms with E-state index in [9.17, 15) is 14.4 Å². The number of nitrogens with zero attached hydrogens (tertiary/aromatic N) is 1. The molecule has 1 aromatic rings. The Hall–Kier alpha value is -2.77. The first-order valence-corrected chi connectivity index (χ1v) is 9.57. The van der Waals surface area contributed by atoms with E-state index in [1.807, 2.05) is 26.0 Å². The maximum Gasteiger partial charge on any atom is 0.409 e. The van der Waals surface area contributed by atoms with Crippen molar-refractivity contribution in [2.75, 3.05) is 19.7 Å². The minimum Gasteiger partial charge on any atom is -0.481 e. The van der Waals surface area contributed by atoms with Crippen molar-refractivity contribution < 1.29 is 23.9 Å². The molecular weight excluding hydrogens is 362 g/mol. The van der Waals surface area contributed by atoms with E-state index in [4.69, 9.17) is 9.47 Å². The Bertz CT molecular complexity index is 722. The molecule has 8 heteroatoms. The highest BCUT2D eigenvalue weighted by atomic mass is 16.6. The molecule has 0 saturated carbocycles. The molecule has 8 nitrogen and oxygen atoms in total. The average molecular weight is 391 g/mol. The molecule has 154 valence electrons. The van der Waals surface area contributed by atoms with Crippen LogP contribution in [0.15, 0.2) is 18.2 Å². The Morgan fingerprint density at radius 2 is 2.00 bits per heavy atom. The largest absolute Gasteiger partial charge is 0.481 e. The Morgan fingerprint density at radius 3 is 2.71 bits per heavy atom. The van der Waals surface area contributed by atoms with E-state index in [1.165, 1.54) is 4.90 Å². The van der Waals surface area contributed by atoms with Crippen molar-refractivity contribution in [2.45, 2.75) is 46.6 Å². The predicted molar refractivity (Wildman–Crippen MR) is 104 cm³/mol. The van der Waals surface area contributed by atoms with Gasteiger partial charge in [-0.25, -0.2) is 4.79 Å². The van der Waals surface area contributed by atoms with E-state index < -0.39 is 24.0 Å². The van der Waals surface area contributed by atoms with Gasteiger partial charge < -0.3 is 14.4 Å². The summed E-state index contributed by atoms with van der Waals surface area (Å²) >= 11 is 0. The summed E-state index contributed by atoms with van der Waals surface area (Å²) in [4.78, 5) is 38.0. The monoisotopic (exact) mass is 391 g/mol. The first-order chi connectivity index (χ1) is 13.3. The molecule has 1 saturated heterocycles. The Labute approximate surface area is 165 Å². The number of amides is 3. The van der Waals surface area contributed by atoms with Gasteiger partial charge in [-0.05, 0) is 57.7 Å². The molecule has 28 heavy (non-hydrogen) atoms. The molecule has 2 rings (SSSR count). The van der Waals surface area contributed by atoms with Crippen molar-refractivity contribution in [3.8, 4) is 5.75 Å². The van der Waals surface area contributed by atoms with E-state index in [0.717, 1.165) is 11.1 Å². The van der Waals surface area contributed by atoms with Crippen LogP contribution >= 0.6 is 0 Å². The third kappa shape index (κ3) is 5.61. The SMILES string of the molecule is CCOC(=O)N1CCCC(C(=O)NNC(=O)C(C)Oc2cccc(C)c2C)C1. The third-order valence-electron chi connectivity index (χ3n) is 4.85. The Kier molecular flexibility index (Phi) is 7.66. The fourth-order valence-corrected chi connectivity index (χ4v) is 2.99. The molecule has 0 spiro atoms. The number of hydrogen-bond acceptors (Lipinski definition) is 5. The van der Waals surface area contributed by atoms with E-state index in [2.05, 4.69) is 10.9 Å². The number of carbonyl (C=O) groups excluding carboxylic acids is 3. The van der Waals surface area contributed by atoms with Crippen molar-refractivity contribution >= 4 is 17.9 Å². The summed E-state index contributed by atoms with van der Waals surface area (Å²) in [6.07, 6.45) is 0.158. The van der Waals surface area contributed by atoms with Gasteiger partial charge in [-0.2, -0.15) is 0 Å². The van der Waals surface area contributed by atoms with Gasteiger partial charge in [-0.15, -0.1) is 0 Å². The first-order valence-electron chi connectivity index (χ1n) is 9.57. The molecule has 1 aromatic carbocycles. The van der Waals surface area contributed by atoms with Crippen LogP contribution in [0.1, 0.15) is 37.8 Å². The van der Waals surface area contributed by atoms with Crippen molar-refractivity contribution in [1.82, 2.24) is 15.8 Å². The minimum absolute atomic E-state index is 0.273. The van der Waals surface area contributed by atoms with Gasteiger partial charge in [-0.3, -0.25) is 20.4 Å². The molecule has 1 fully saturated rings. The molecule has 2 atom stereocenters. The molecular formula is C20H29N3O5. The molecule has 0 aromatic heterocycles. The predicted octanol–water partition coefficient (Wildman–Crippen LogP) is 2.09. The number of likely N-dealkylation sites (tertiary alicyclic amines) is 1. The van der Waals surface area contributed by atoms with Crippen LogP contribution in [0.4, 0.5) is 4.79 Å². The van der Waals surface area contributed by atoms with Crippen molar-refractivity contribution in [3.63, 3.8) is 0 Å². The van der Waals surface area contributed by atoms with Gasteiger partial charge in [0.15, 0.2) is 6.10 Å². The highest BCUT2D eigenvalue weighted by Crippen LogP contribution is 2.21. The summed E-state index contributed by atoms with van der Waals surface area (Å²) < 4.78 is 10.7. The van der Waals surface area contributed by atoms with E-state index >= 15 is 0 Å². The van der Waals surface area contributed by atoms with Gasteiger partial charge in [0, 0.05) is 13.1 Å². The highest BCUT2D eigenvalue weighted by molar-refractivity contribution is 5.86. The van der Waals surface area contributed by atoms with Crippen LogP contribution in [-0.4, -0.2) is 48.6 Å². The van der Waals surface area contributed by atoms with Gasteiger partial charge in [0.1, 0.15) is 5.75 Å². The number of carbonyl (C=O) groups is 3. The quantitative estimate of drug-likeness (QED) is 0.749. The van der Waals surface area contributed by atoms with Crippen LogP contribution in [-0.2, 0) is 14.3 Å². The van der Waals surface area contributed by atoms with E-state index in [0.29, 0.717) is 31.7 Å². The number of piperidine rings is 1. The second-order valence-electron chi connectivity index (χ2n) is 6.92. The molecule has 0 radical (unpaired) electrons. The topological polar surface area (TPSA) is 97.0 Å². The number of benzene rings is 1. The second kappa shape index (κ2) is 9.96. The zero-order valence-electron chi connectivity index (χ0n) is 16.9. The van der Waals surface area contributed by atoms with E-state index in [1.54, 1.807) is 19.9 Å². The van der Waals surface area contributed by atoms with Gasteiger partial charge in [0.05, 0.1) is 12.5 Å². The van der Waals surface area contributed by atoms with Crippen LogP contribution in [0, 0.1) is 19.8 Å². The van der Waals surface area contributed by atoms with Crippen molar-refractivity contribution in [3.05, 3.63) is 29.3 Å². The number of rotatable bonds is 5. The summed E-state index contributed by atoms with van der Waals surface area (Å²) in [5.41, 5.74) is 6.88. The number of hydrazine groups is 1. The average Bonchev–Trinajstić information content (AvgIpc) is 2.69. The lowest BCUT2D eigenvalue weighted by atomic mass is 9.98. The van der Waals surface area contributed by atoms with Gasteiger partial charge >= 0.3 is 6.09 Å². The van der Waals surface area contributed by atoms with Gasteiger partial charge in [0.25, 0.3) is 5.91 Å². The summed E-state index contributed by atoms with van der Waals surface area (Å²) in [7, 11) is 0. The maximum atomic E-state index is 12.4. The highest BCUT2D eigenvalue weighted by Gasteiger charge is 2.29. The number of ether oxygens (including phenoxy) is 2. The number of aryl methyl sites for hydroxylation is 1. The second-order valence-corrected chi connectivity index (χ2v) is 6.92. The molecule has 3 amide bonds. The zero-order chi connectivity index (χ0) is 20.7. The lowest BCUT2D eigenvalue weighted by Crippen LogP contribution is -2.52. The van der Waals surface area contributed by atoms with E-state index in [-0.39, 0.29) is 12.5 Å². The first kappa shape index (κ1) is 21.5. The lowest BCUT2D eigenvalue weighted by Gasteiger charge is -2.31. The summed E-state index contributed by atoms with van der Waals surface area (Å²) in [5.74, 6) is -0.548. The van der Waals surface area contributed by atoms with Crippen LogP contribution in [0.3, 0.4) is 0 Å². The molecule has 1 aliphatic heterocycles. The van der Waals surface area contributed by atoms with Crippen LogP contribution < -0.4 is 15.6 Å². The lowest BCUT2D eigenvalue weighted by molar-refractivity contribution is -0.135. The van der Waals surface area contributed by atoms with Crippen LogP contribution in [0.2, 0.25) is 0 Å². The Balaban J connectivity index is 1.83. The fraction of sp³-hybridized carbons (Fsp3) is 0.550. The molecule has 2 unspecified atom stereocenters. The van der Waals surface area contributed by atoms with Crippen molar-refractivity contribution in [1.29, 1.82) is 0 Å². The van der Waals surface area contributed by atoms with Crippen molar-refractivity contribution in [2.24, 2.45) is 5.92 Å². The number of nitrogens with one attached hydrogen (secondary N) is 2. The summed E-state index contributed by atoms with van der Waals surface area (Å²) in [6.45, 7) is 8.38. The normalized spacial score (nSPS) is 17.4. The Morgan fingerprint density at radius 1 is 1.25 bits per heavy atom.